The molecule has 0 amide bonds. The predicted molar refractivity (Wildman–Crippen MR) is 158 cm³/mol. The molecule has 0 bridgehead atoms. The summed E-state index contributed by atoms with van der Waals surface area (Å²) >= 11 is 0. The van der Waals surface area contributed by atoms with Crippen LogP contribution in [0.4, 0.5) is 0 Å². The molecule has 0 aromatic rings. The van der Waals surface area contributed by atoms with Gasteiger partial charge in [-0.2, -0.15) is 0 Å². The number of ether oxygens (including phenoxy) is 4. The monoisotopic (exact) mass is 648 g/mol. The van der Waals surface area contributed by atoms with Gasteiger partial charge >= 0.3 is 5.97 Å². The molecule has 0 radical (unpaired) electrons. The van der Waals surface area contributed by atoms with Crippen molar-refractivity contribution in [2.75, 3.05) is 13.2 Å². The lowest BCUT2D eigenvalue weighted by Gasteiger charge is -2.61. The van der Waals surface area contributed by atoms with E-state index in [0.29, 0.717) is 19.3 Å². The fourth-order valence-corrected chi connectivity index (χ4v) is 10.8. The van der Waals surface area contributed by atoms with Gasteiger partial charge in [-0.3, -0.25) is 4.79 Å². The van der Waals surface area contributed by atoms with E-state index in [9.17, 15) is 40.2 Å². The van der Waals surface area contributed by atoms with Crippen molar-refractivity contribution in [1.82, 2.24) is 0 Å². The van der Waals surface area contributed by atoms with Crippen molar-refractivity contribution in [3.63, 3.8) is 0 Å². The zero-order chi connectivity index (χ0) is 33.1. The van der Waals surface area contributed by atoms with Gasteiger partial charge in [0.2, 0.25) is 0 Å². The second-order valence-corrected chi connectivity index (χ2v) is 15.5. The van der Waals surface area contributed by atoms with Gasteiger partial charge in [0.1, 0.15) is 42.2 Å². The van der Waals surface area contributed by atoms with Crippen LogP contribution in [0.2, 0.25) is 0 Å². The average Bonchev–Trinajstić information content (AvgIpc) is 3.74. The van der Waals surface area contributed by atoms with E-state index in [-0.39, 0.29) is 59.8 Å². The van der Waals surface area contributed by atoms with Crippen molar-refractivity contribution in [2.24, 2.45) is 40.4 Å². The Bertz CT molecular complexity index is 1330. The third-order valence-electron chi connectivity index (χ3n) is 13.7. The van der Waals surface area contributed by atoms with Gasteiger partial charge in [-0.1, -0.05) is 25.5 Å². The summed E-state index contributed by atoms with van der Waals surface area (Å²) in [6.45, 7) is 7.08. The summed E-state index contributed by atoms with van der Waals surface area (Å²) in [6.07, 6.45) is -2.59. The number of ketones is 1. The molecule has 256 valence electrons. The van der Waals surface area contributed by atoms with Crippen LogP contribution in [0, 0.1) is 40.4 Å². The number of epoxide rings is 1. The summed E-state index contributed by atoms with van der Waals surface area (Å²) < 4.78 is 23.3. The third kappa shape index (κ3) is 4.37. The molecule has 0 aromatic carbocycles. The first-order valence-electron chi connectivity index (χ1n) is 16.8. The number of esters is 1. The molecular weight excluding hydrogens is 600 g/mol. The maximum atomic E-state index is 13.4. The van der Waals surface area contributed by atoms with Crippen molar-refractivity contribution >= 4 is 11.8 Å². The summed E-state index contributed by atoms with van der Waals surface area (Å²) in [5.74, 6) is -0.763. The second-order valence-electron chi connectivity index (χ2n) is 15.5. The van der Waals surface area contributed by atoms with Crippen LogP contribution in [-0.2, 0) is 28.5 Å². The van der Waals surface area contributed by atoms with Gasteiger partial charge in [0.05, 0.1) is 36.4 Å². The first-order chi connectivity index (χ1) is 21.7. The van der Waals surface area contributed by atoms with Crippen LogP contribution in [0.5, 0.6) is 0 Å². The molecule has 46 heavy (non-hydrogen) atoms. The highest BCUT2D eigenvalue weighted by Gasteiger charge is 2.78. The van der Waals surface area contributed by atoms with Crippen molar-refractivity contribution in [1.29, 1.82) is 0 Å². The number of rotatable bonds is 6. The zero-order valence-electron chi connectivity index (χ0n) is 26.8. The van der Waals surface area contributed by atoms with Gasteiger partial charge in [0, 0.05) is 6.42 Å². The lowest BCUT2D eigenvalue weighted by molar-refractivity contribution is -0.299. The van der Waals surface area contributed by atoms with Crippen LogP contribution >= 0.6 is 0 Å². The quantitative estimate of drug-likeness (QED) is 0.169. The molecule has 3 saturated carbocycles. The Hall–Kier alpha value is -1.74. The molecule has 6 N–H and O–H groups in total. The molecule has 0 aromatic heterocycles. The molecule has 4 aliphatic carbocycles. The van der Waals surface area contributed by atoms with E-state index in [4.69, 9.17) is 18.9 Å². The number of fused-ring (bicyclic) bond motifs is 8. The standard InChI is InChI=1S/C34H48O12/c1-14-10-20(44-30(41)16(14)13-43-31-27(40)26(39)25(38)21(12-35)45-31)15(2)17-7-8-18-24-19(11-23(37)32(17,18)3)33(4)22(36)6-5-9-34(33,42)29-28(24)46-29/h5-6,15,17-21,23-29,31,35,37-40,42H,7-13H2,1-4H3. The minimum atomic E-state index is -1.59. The Balaban J connectivity index is 1.07. The van der Waals surface area contributed by atoms with Gasteiger partial charge in [0.25, 0.3) is 0 Å². The fraction of sp³-hybridized carbons (Fsp3) is 0.824. The minimum absolute atomic E-state index is 0.0398. The average molecular weight is 649 g/mol. The zero-order valence-corrected chi connectivity index (χ0v) is 26.8. The highest BCUT2D eigenvalue weighted by molar-refractivity contribution is 5.97. The van der Waals surface area contributed by atoms with E-state index >= 15 is 0 Å². The molecule has 3 aliphatic heterocycles. The van der Waals surface area contributed by atoms with Crippen LogP contribution in [-0.4, -0.2) is 116 Å². The number of cyclic esters (lactones) is 1. The summed E-state index contributed by atoms with van der Waals surface area (Å²) in [6, 6.07) is 0. The SMILES string of the molecule is CC1=C(COC2OC(CO)C(O)C(O)C2O)C(=O)OC(C(C)C2CCC3C4C5OC5C5(O)CC=CC(=O)C5(C)C4CC(O)C23C)C1. The first-order valence-corrected chi connectivity index (χ1v) is 16.8. The smallest absolute Gasteiger partial charge is 0.336 e. The molecule has 7 rings (SSSR count). The van der Waals surface area contributed by atoms with Gasteiger partial charge < -0.3 is 49.6 Å². The Labute approximate surface area is 268 Å². The third-order valence-corrected chi connectivity index (χ3v) is 13.7. The largest absolute Gasteiger partial charge is 0.458 e. The molecule has 2 saturated heterocycles. The molecule has 12 heteroatoms. The lowest BCUT2D eigenvalue weighted by atomic mass is 9.43. The van der Waals surface area contributed by atoms with Crippen molar-refractivity contribution in [3.05, 3.63) is 23.3 Å². The van der Waals surface area contributed by atoms with Crippen molar-refractivity contribution in [3.8, 4) is 0 Å². The molecule has 7 aliphatic rings. The Kier molecular flexibility index (Phi) is 7.94. The summed E-state index contributed by atoms with van der Waals surface area (Å²) in [7, 11) is 0. The van der Waals surface area contributed by atoms with Crippen LogP contribution in [0.15, 0.2) is 23.3 Å². The van der Waals surface area contributed by atoms with E-state index in [1.54, 1.807) is 12.2 Å². The van der Waals surface area contributed by atoms with E-state index in [2.05, 4.69) is 13.8 Å². The van der Waals surface area contributed by atoms with Gasteiger partial charge in [-0.25, -0.2) is 4.79 Å². The second kappa shape index (κ2) is 11.1. The minimum Gasteiger partial charge on any atom is -0.458 e. The molecule has 3 heterocycles. The van der Waals surface area contributed by atoms with Crippen molar-refractivity contribution < 1.29 is 59.2 Å². The molecule has 12 nitrogen and oxygen atoms in total. The Morgan fingerprint density at radius 3 is 2.48 bits per heavy atom. The highest BCUT2D eigenvalue weighted by Crippen LogP contribution is 2.71. The highest BCUT2D eigenvalue weighted by atomic mass is 16.7. The lowest BCUT2D eigenvalue weighted by Crippen LogP contribution is -2.69. The fourth-order valence-electron chi connectivity index (χ4n) is 10.8. The van der Waals surface area contributed by atoms with Gasteiger partial charge in [0.15, 0.2) is 12.1 Å². The molecule has 5 fully saturated rings. The van der Waals surface area contributed by atoms with Crippen molar-refractivity contribution in [2.45, 2.75) is 121 Å². The molecular formula is C34H48O12. The topological polar surface area (TPSA) is 196 Å². The summed E-state index contributed by atoms with van der Waals surface area (Å²) in [5, 5.41) is 63.6. The first kappa shape index (κ1) is 32.8. The maximum absolute atomic E-state index is 13.4. The Morgan fingerprint density at radius 1 is 1.04 bits per heavy atom. The van der Waals surface area contributed by atoms with E-state index in [1.165, 1.54) is 0 Å². The van der Waals surface area contributed by atoms with Gasteiger partial charge in [-0.05, 0) is 80.6 Å². The van der Waals surface area contributed by atoms with Gasteiger partial charge in [-0.15, -0.1) is 0 Å². The Morgan fingerprint density at radius 2 is 1.78 bits per heavy atom. The molecule has 0 spiro atoms. The van der Waals surface area contributed by atoms with Crippen LogP contribution in [0.3, 0.4) is 0 Å². The number of aliphatic hydroxyl groups excluding tert-OH is 5. The van der Waals surface area contributed by atoms with E-state index in [1.807, 2.05) is 13.8 Å². The number of carbonyl (C=O) groups excluding carboxylic acids is 2. The number of aliphatic hydroxyl groups is 6. The molecule has 17 atom stereocenters. The number of hydrogen-bond donors (Lipinski definition) is 6. The molecule has 17 unspecified atom stereocenters. The van der Waals surface area contributed by atoms with Crippen LogP contribution in [0.25, 0.3) is 0 Å². The number of carbonyl (C=O) groups is 2. The number of hydrogen-bond acceptors (Lipinski definition) is 12. The predicted octanol–water partition coefficient (Wildman–Crippen LogP) is 0.148. The normalized spacial score (nSPS) is 53.6. The van der Waals surface area contributed by atoms with Crippen LogP contribution in [0.1, 0.15) is 59.8 Å². The maximum Gasteiger partial charge on any atom is 0.336 e. The van der Waals surface area contributed by atoms with E-state index in [0.717, 1.165) is 18.4 Å². The van der Waals surface area contributed by atoms with E-state index < -0.39 is 71.9 Å². The summed E-state index contributed by atoms with van der Waals surface area (Å²) in [4.78, 5) is 26.7. The van der Waals surface area contributed by atoms with Crippen LogP contribution < -0.4 is 0 Å². The number of allylic oxidation sites excluding steroid dienone is 1. The summed E-state index contributed by atoms with van der Waals surface area (Å²) in [5.41, 5.74) is -1.74.